The Hall–Kier alpha value is -1.44. The third kappa shape index (κ3) is 5.83. The molecule has 2 heterocycles. The van der Waals surface area contributed by atoms with Gasteiger partial charge in [0.1, 0.15) is 0 Å². The van der Waals surface area contributed by atoms with E-state index in [-0.39, 0.29) is 17.9 Å². The van der Waals surface area contributed by atoms with Crippen molar-refractivity contribution in [3.05, 3.63) is 29.8 Å². The normalized spacial score (nSPS) is 27.1. The summed E-state index contributed by atoms with van der Waals surface area (Å²) in [6, 6.07) is 6.76. The number of benzene rings is 1. The van der Waals surface area contributed by atoms with E-state index in [4.69, 9.17) is 0 Å². The highest BCUT2D eigenvalue weighted by atomic mass is 32.2. The number of hydrogen-bond acceptors (Lipinski definition) is 4. The van der Waals surface area contributed by atoms with Crippen molar-refractivity contribution in [2.45, 2.75) is 57.9 Å². The van der Waals surface area contributed by atoms with Gasteiger partial charge in [0.2, 0.25) is 15.9 Å². The van der Waals surface area contributed by atoms with E-state index in [1.54, 1.807) is 12.1 Å². The lowest BCUT2D eigenvalue weighted by Gasteiger charge is -2.41. The summed E-state index contributed by atoms with van der Waals surface area (Å²) in [6.07, 6.45) is 3.15. The Balaban J connectivity index is 1.55. The molecule has 3 rings (SSSR count). The fourth-order valence-corrected chi connectivity index (χ4v) is 6.02. The molecule has 1 amide bonds. The van der Waals surface area contributed by atoms with Gasteiger partial charge in [0, 0.05) is 26.2 Å². The molecule has 2 fully saturated rings. The quantitative estimate of drug-likeness (QED) is 0.746. The third-order valence-electron chi connectivity index (χ3n) is 6.53. The van der Waals surface area contributed by atoms with Crippen LogP contribution in [0, 0.1) is 24.7 Å². The van der Waals surface area contributed by atoms with Crippen molar-refractivity contribution >= 4 is 15.9 Å². The van der Waals surface area contributed by atoms with Crippen LogP contribution in [0.15, 0.2) is 29.2 Å². The third-order valence-corrected chi connectivity index (χ3v) is 7.97. The highest BCUT2D eigenvalue weighted by Gasteiger charge is 2.33. The number of hydrogen-bond donors (Lipinski definition) is 1. The van der Waals surface area contributed by atoms with Crippen molar-refractivity contribution in [1.29, 1.82) is 0 Å². The summed E-state index contributed by atoms with van der Waals surface area (Å²) < 4.78 is 28.0. The average Bonchev–Trinajstić information content (AvgIpc) is 2.71. The maximum Gasteiger partial charge on any atom is 0.240 e. The number of piperidine rings is 2. The molecule has 2 saturated heterocycles. The van der Waals surface area contributed by atoms with Crippen LogP contribution >= 0.6 is 0 Å². The van der Waals surface area contributed by atoms with E-state index in [1.165, 1.54) is 6.42 Å². The minimum atomic E-state index is -3.50. The van der Waals surface area contributed by atoms with Gasteiger partial charge in [-0.15, -0.1) is 0 Å². The summed E-state index contributed by atoms with van der Waals surface area (Å²) in [5.41, 5.74) is 1.04. The maximum absolute atomic E-state index is 13.1. The highest BCUT2D eigenvalue weighted by molar-refractivity contribution is 7.89. The molecule has 168 valence electrons. The zero-order valence-electron chi connectivity index (χ0n) is 18.8. The van der Waals surface area contributed by atoms with Gasteiger partial charge in [-0.3, -0.25) is 9.69 Å². The molecule has 0 radical (unpaired) electrons. The average molecular weight is 436 g/mol. The lowest BCUT2D eigenvalue weighted by Crippen LogP contribution is -2.54. The molecule has 4 atom stereocenters. The van der Waals surface area contributed by atoms with Crippen LogP contribution in [0.25, 0.3) is 0 Å². The molecule has 2 aliphatic rings. The van der Waals surface area contributed by atoms with Gasteiger partial charge in [0.25, 0.3) is 0 Å². The Bertz CT molecular complexity index is 815. The van der Waals surface area contributed by atoms with E-state index in [9.17, 15) is 13.2 Å². The SMILES string of the molecule is Cc1ccc(S(=O)(=O)NCC2CCCN(C(C)C(=O)N3CC(C)CC(C)C3)C2)cc1. The van der Waals surface area contributed by atoms with E-state index in [0.29, 0.717) is 23.3 Å². The van der Waals surface area contributed by atoms with Crippen LogP contribution in [0.4, 0.5) is 0 Å². The fraction of sp³-hybridized carbons (Fsp3) is 0.696. The Morgan fingerprint density at radius 2 is 1.77 bits per heavy atom. The summed E-state index contributed by atoms with van der Waals surface area (Å²) in [7, 11) is -3.50. The largest absolute Gasteiger partial charge is 0.341 e. The van der Waals surface area contributed by atoms with Crippen molar-refractivity contribution in [3.63, 3.8) is 0 Å². The van der Waals surface area contributed by atoms with Crippen molar-refractivity contribution < 1.29 is 13.2 Å². The highest BCUT2D eigenvalue weighted by Crippen LogP contribution is 2.24. The first-order chi connectivity index (χ1) is 14.2. The molecule has 0 aromatic heterocycles. The second-order valence-corrected chi connectivity index (χ2v) is 11.3. The predicted molar refractivity (Wildman–Crippen MR) is 120 cm³/mol. The number of sulfonamides is 1. The Labute approximate surface area is 182 Å². The van der Waals surface area contributed by atoms with Crippen molar-refractivity contribution in [2.75, 3.05) is 32.7 Å². The van der Waals surface area contributed by atoms with Crippen LogP contribution < -0.4 is 4.72 Å². The summed E-state index contributed by atoms with van der Waals surface area (Å²) in [5, 5.41) is 0. The van der Waals surface area contributed by atoms with Crippen LogP contribution in [0.3, 0.4) is 0 Å². The van der Waals surface area contributed by atoms with Crippen LogP contribution in [0.2, 0.25) is 0 Å². The molecule has 1 N–H and O–H groups in total. The molecule has 6 nitrogen and oxygen atoms in total. The van der Waals surface area contributed by atoms with E-state index < -0.39 is 10.0 Å². The van der Waals surface area contributed by atoms with E-state index in [0.717, 1.165) is 44.6 Å². The van der Waals surface area contributed by atoms with Crippen LogP contribution in [0.5, 0.6) is 0 Å². The predicted octanol–water partition coefficient (Wildman–Crippen LogP) is 2.88. The van der Waals surface area contributed by atoms with Gasteiger partial charge in [-0.1, -0.05) is 31.5 Å². The zero-order chi connectivity index (χ0) is 21.9. The first kappa shape index (κ1) is 23.2. The number of carbonyl (C=O) groups is 1. The second kappa shape index (κ2) is 9.79. The number of carbonyl (C=O) groups excluding carboxylic acids is 1. The molecule has 2 aliphatic heterocycles. The van der Waals surface area contributed by atoms with Gasteiger partial charge < -0.3 is 4.90 Å². The molecular formula is C23H37N3O3S. The van der Waals surface area contributed by atoms with Crippen molar-refractivity contribution in [3.8, 4) is 0 Å². The zero-order valence-corrected chi connectivity index (χ0v) is 19.6. The van der Waals surface area contributed by atoms with E-state index in [2.05, 4.69) is 23.5 Å². The van der Waals surface area contributed by atoms with Crippen LogP contribution in [-0.2, 0) is 14.8 Å². The number of amides is 1. The smallest absolute Gasteiger partial charge is 0.240 e. The van der Waals surface area contributed by atoms with Gasteiger partial charge in [-0.2, -0.15) is 0 Å². The molecule has 0 spiro atoms. The lowest BCUT2D eigenvalue weighted by molar-refractivity contribution is -0.139. The molecule has 1 aromatic rings. The molecule has 4 unspecified atom stereocenters. The molecule has 0 aliphatic carbocycles. The van der Waals surface area contributed by atoms with Crippen molar-refractivity contribution in [2.24, 2.45) is 17.8 Å². The van der Waals surface area contributed by atoms with Gasteiger partial charge in [-0.25, -0.2) is 13.1 Å². The summed E-state index contributed by atoms with van der Waals surface area (Å²) in [4.78, 5) is 17.7. The monoisotopic (exact) mass is 435 g/mol. The number of nitrogens with one attached hydrogen (secondary N) is 1. The number of nitrogens with zero attached hydrogens (tertiary/aromatic N) is 2. The molecule has 0 saturated carbocycles. The summed E-state index contributed by atoms with van der Waals surface area (Å²) >= 11 is 0. The summed E-state index contributed by atoms with van der Waals surface area (Å²) in [5.74, 6) is 1.54. The molecule has 0 bridgehead atoms. The van der Waals surface area contributed by atoms with Crippen LogP contribution in [-0.4, -0.2) is 62.9 Å². The molecule has 7 heteroatoms. The van der Waals surface area contributed by atoms with E-state index >= 15 is 0 Å². The minimum absolute atomic E-state index is 0.154. The number of likely N-dealkylation sites (tertiary alicyclic amines) is 2. The van der Waals surface area contributed by atoms with Crippen molar-refractivity contribution in [1.82, 2.24) is 14.5 Å². The number of aryl methyl sites for hydroxylation is 1. The summed E-state index contributed by atoms with van der Waals surface area (Å²) in [6.45, 7) is 12.1. The Morgan fingerprint density at radius 1 is 1.13 bits per heavy atom. The molecule has 30 heavy (non-hydrogen) atoms. The maximum atomic E-state index is 13.1. The van der Waals surface area contributed by atoms with Gasteiger partial charge in [0.15, 0.2) is 0 Å². The Morgan fingerprint density at radius 3 is 2.40 bits per heavy atom. The molecular weight excluding hydrogens is 398 g/mol. The van der Waals surface area contributed by atoms with E-state index in [1.807, 2.05) is 30.9 Å². The Kier molecular flexibility index (Phi) is 7.58. The lowest BCUT2D eigenvalue weighted by atomic mass is 9.91. The first-order valence-corrected chi connectivity index (χ1v) is 12.7. The van der Waals surface area contributed by atoms with Gasteiger partial charge in [0.05, 0.1) is 10.9 Å². The van der Waals surface area contributed by atoms with Crippen LogP contribution in [0.1, 0.15) is 45.6 Å². The number of rotatable bonds is 6. The minimum Gasteiger partial charge on any atom is -0.341 e. The molecule has 1 aromatic carbocycles. The second-order valence-electron chi connectivity index (χ2n) is 9.53. The topological polar surface area (TPSA) is 69.7 Å². The van der Waals surface area contributed by atoms with Gasteiger partial charge in [-0.05, 0) is 69.5 Å². The standard InChI is InChI=1S/C23H37N3O3S/c1-17-7-9-22(10-8-17)30(28,29)24-13-21-6-5-11-25(16-21)20(4)23(27)26-14-18(2)12-19(3)15-26/h7-10,18-21,24H,5-6,11-16H2,1-4H3. The van der Waals surface area contributed by atoms with Gasteiger partial charge >= 0.3 is 0 Å². The first-order valence-electron chi connectivity index (χ1n) is 11.2. The fourth-order valence-electron chi connectivity index (χ4n) is 4.91.